The van der Waals surface area contributed by atoms with Crippen molar-refractivity contribution < 1.29 is 22.5 Å². The van der Waals surface area contributed by atoms with E-state index in [2.05, 4.69) is 201 Å². The van der Waals surface area contributed by atoms with E-state index in [1.54, 1.807) is 11.3 Å². The summed E-state index contributed by atoms with van der Waals surface area (Å²) in [6.07, 6.45) is 8.74. The molecule has 5 atom stereocenters. The molecule has 0 aromatic carbocycles. The number of carbonyl (C=O) groups is 1. The Balaban J connectivity index is 3.47. The van der Waals surface area contributed by atoms with Crippen LogP contribution in [-0.4, -0.2) is 69.0 Å². The highest BCUT2D eigenvalue weighted by atomic mass is 32.1. The molecule has 0 fully saturated rings. The highest BCUT2D eigenvalue weighted by molar-refractivity contribution is 7.09. The first kappa shape index (κ1) is 59.5. The molecule has 6 nitrogen and oxygen atoms in total. The van der Waals surface area contributed by atoms with Crippen LogP contribution in [-0.2, 0) is 22.5 Å². The third-order valence-electron chi connectivity index (χ3n) is 15.7. The lowest BCUT2D eigenvalue weighted by molar-refractivity contribution is -0.141. The Morgan fingerprint density at radius 1 is 0.710 bits per heavy atom. The summed E-state index contributed by atoms with van der Waals surface area (Å²) in [5.74, 6) is 0.154. The van der Waals surface area contributed by atoms with E-state index in [4.69, 9.17) is 22.7 Å². The van der Waals surface area contributed by atoms with Crippen LogP contribution in [0, 0.1) is 24.2 Å². The molecule has 0 saturated heterocycles. The van der Waals surface area contributed by atoms with Gasteiger partial charge in [0, 0.05) is 23.3 Å². The van der Waals surface area contributed by atoms with Gasteiger partial charge in [-0.2, -0.15) is 0 Å². The van der Waals surface area contributed by atoms with E-state index in [9.17, 15) is 0 Å². The maximum atomic E-state index is 15.2. The number of ketones is 1. The van der Waals surface area contributed by atoms with Gasteiger partial charge in [0.15, 0.2) is 33.3 Å². The number of rotatable bonds is 23. The van der Waals surface area contributed by atoms with E-state index >= 15 is 4.79 Å². The summed E-state index contributed by atoms with van der Waals surface area (Å²) < 4.78 is 28.4. The van der Waals surface area contributed by atoms with Crippen molar-refractivity contribution in [3.8, 4) is 0 Å². The summed E-state index contributed by atoms with van der Waals surface area (Å²) in [6.45, 7) is 62.0. The van der Waals surface area contributed by atoms with Crippen molar-refractivity contribution in [1.82, 2.24) is 4.98 Å². The van der Waals surface area contributed by atoms with Gasteiger partial charge in [-0.15, -0.1) is 11.3 Å². The van der Waals surface area contributed by atoms with E-state index in [0.29, 0.717) is 13.0 Å². The van der Waals surface area contributed by atoms with Crippen molar-refractivity contribution in [2.45, 2.75) is 254 Å². The molecule has 1 aromatic heterocycles. The van der Waals surface area contributed by atoms with Crippen LogP contribution in [0.25, 0.3) is 6.08 Å². The second-order valence-corrected chi connectivity index (χ2v) is 45.8. The predicted octanol–water partition coefficient (Wildman–Crippen LogP) is 16.8. The summed E-state index contributed by atoms with van der Waals surface area (Å²) in [7, 11) is -8.46. The molecule has 11 heteroatoms. The second-order valence-electron chi connectivity index (χ2n) is 25.7. The Bertz CT molecular complexity index is 1630. The summed E-state index contributed by atoms with van der Waals surface area (Å²) in [6, 6.07) is 0. The highest BCUT2D eigenvalue weighted by Crippen LogP contribution is 2.45. The maximum absolute atomic E-state index is 15.2. The predicted molar refractivity (Wildman–Crippen MR) is 284 cm³/mol. The number of carbonyl (C=O) groups excluding carboxylic acids is 1. The first-order valence-electron chi connectivity index (χ1n) is 24.0. The molecule has 0 N–H and O–H groups in total. The van der Waals surface area contributed by atoms with Crippen LogP contribution >= 0.6 is 11.3 Å². The summed E-state index contributed by atoms with van der Waals surface area (Å²) in [5.41, 5.74) is 2.90. The fourth-order valence-corrected chi connectivity index (χ4v) is 12.7. The number of hydrogen-bond acceptors (Lipinski definition) is 7. The fraction of sp³-hybridized carbons (Fsp3) is 0.843. The zero-order chi connectivity index (χ0) is 48.9. The van der Waals surface area contributed by atoms with Crippen molar-refractivity contribution in [3.05, 3.63) is 33.3 Å². The molecule has 1 aromatic rings. The minimum Gasteiger partial charge on any atom is -0.417 e. The summed E-state index contributed by atoms with van der Waals surface area (Å²) >= 11 is 1.69. The van der Waals surface area contributed by atoms with Crippen LogP contribution in [0.3, 0.4) is 0 Å². The zero-order valence-corrected chi connectivity index (χ0v) is 50.6. The van der Waals surface area contributed by atoms with Crippen molar-refractivity contribution in [2.24, 2.45) is 17.3 Å². The highest BCUT2D eigenvalue weighted by Gasteiger charge is 2.50. The average Bonchev–Trinajstić information content (AvgIpc) is 3.49. The van der Waals surface area contributed by atoms with Gasteiger partial charge >= 0.3 is 0 Å². The first-order valence-corrected chi connectivity index (χ1v) is 36.5. The summed E-state index contributed by atoms with van der Waals surface area (Å²) in [5, 5.41) is 3.48. The van der Waals surface area contributed by atoms with Crippen LogP contribution < -0.4 is 0 Å². The molecule has 0 aliphatic carbocycles. The lowest BCUT2D eigenvalue weighted by Crippen LogP contribution is -2.54. The monoisotopic (exact) mass is 952 g/mol. The van der Waals surface area contributed by atoms with Crippen molar-refractivity contribution >= 4 is 56.5 Å². The Morgan fingerprint density at radius 2 is 1.18 bits per heavy atom. The molecular formula is C51H101NO5SSi4. The molecule has 0 saturated carbocycles. The minimum atomic E-state index is -2.23. The topological polar surface area (TPSA) is 66.9 Å². The molecule has 0 aliphatic heterocycles. The lowest BCUT2D eigenvalue weighted by atomic mass is 9.73. The van der Waals surface area contributed by atoms with E-state index in [1.807, 2.05) is 0 Å². The minimum absolute atomic E-state index is 0.00687. The average molecular weight is 953 g/mol. The van der Waals surface area contributed by atoms with Crippen LogP contribution in [0.5, 0.6) is 0 Å². The van der Waals surface area contributed by atoms with Gasteiger partial charge in [-0.05, 0) is 143 Å². The summed E-state index contributed by atoms with van der Waals surface area (Å²) in [4.78, 5) is 19.9. The van der Waals surface area contributed by atoms with Gasteiger partial charge in [-0.1, -0.05) is 122 Å². The molecule has 0 aliphatic rings. The molecule has 0 spiro atoms. The molecule has 362 valence electrons. The number of thiazole rings is 1. The third-order valence-corrected chi connectivity index (χ3v) is 34.5. The van der Waals surface area contributed by atoms with Crippen molar-refractivity contribution in [3.63, 3.8) is 0 Å². The van der Waals surface area contributed by atoms with Crippen molar-refractivity contribution in [1.29, 1.82) is 0 Å². The molecule has 0 amide bonds. The van der Waals surface area contributed by atoms with E-state index in [0.717, 1.165) is 36.4 Å². The van der Waals surface area contributed by atoms with Crippen LogP contribution in [0.15, 0.2) is 22.6 Å². The third kappa shape index (κ3) is 17.0. The number of allylic oxidation sites excluding steroid dienone is 1. The first-order chi connectivity index (χ1) is 27.5. The fourth-order valence-electron chi connectivity index (χ4n) is 6.77. The molecule has 5 unspecified atom stereocenters. The van der Waals surface area contributed by atoms with Gasteiger partial charge in [0.25, 0.3) is 0 Å². The number of aromatic nitrogens is 1. The van der Waals surface area contributed by atoms with Gasteiger partial charge in [-0.25, -0.2) is 4.98 Å². The van der Waals surface area contributed by atoms with Crippen LogP contribution in [0.4, 0.5) is 0 Å². The smallest absolute Gasteiger partial charge is 0.192 e. The molecule has 1 rings (SSSR count). The Kier molecular flexibility index (Phi) is 21.2. The van der Waals surface area contributed by atoms with Gasteiger partial charge in [0.05, 0.1) is 29.0 Å². The molecule has 62 heavy (non-hydrogen) atoms. The maximum Gasteiger partial charge on any atom is 0.192 e. The standard InChI is InChI=1S/C51H101NO5SSi4/c1-37(31-32-43(55-60(22,23)48(9,10)11)39(3)35-42-36-58-41(5)52-42)29-28-30-38(2)45(57-62(26,27)50(15,16)17)40(4)46(53)51(18,19)44(56-61(24,25)49(12,13)14)33-34-54-59(20,21)47(6,7)8/h31,35-36,38,40,43-45H,28-30,32-34H2,1-27H3/b37-31+,39-35+. The molecule has 1 heterocycles. The SMILES string of the molecule is C/C(=C\CC(O[Si](C)(C)C(C)(C)C)/C(C)=C/c1csc(C)n1)CCCC(C)C(O[Si](C)(C)C(C)(C)C)C(C)C(=O)C(C)(C)C(CCO[Si](C)(C)C(C)(C)C)O[Si](C)(C)C(C)(C)C. The van der Waals surface area contributed by atoms with Gasteiger partial charge in [0.2, 0.25) is 0 Å². The number of aryl methyl sites for hydroxylation is 1. The number of Topliss-reactive ketones (excluding diaryl/α,β-unsaturated/α-hetero) is 1. The molecule has 0 radical (unpaired) electrons. The lowest BCUT2D eigenvalue weighted by Gasteiger charge is -2.47. The van der Waals surface area contributed by atoms with E-state index in [1.165, 1.54) is 11.1 Å². The van der Waals surface area contributed by atoms with Gasteiger partial charge < -0.3 is 17.7 Å². The zero-order valence-electron chi connectivity index (χ0n) is 45.8. The Labute approximate surface area is 393 Å². The van der Waals surface area contributed by atoms with Crippen molar-refractivity contribution in [2.75, 3.05) is 6.61 Å². The Morgan fingerprint density at radius 3 is 1.63 bits per heavy atom. The quantitative estimate of drug-likeness (QED) is 0.0804. The van der Waals surface area contributed by atoms with Gasteiger partial charge in [-0.3, -0.25) is 4.79 Å². The largest absolute Gasteiger partial charge is 0.417 e. The normalized spacial score (nSPS) is 17.5. The van der Waals surface area contributed by atoms with Crippen LogP contribution in [0.1, 0.15) is 167 Å². The molecule has 0 bridgehead atoms. The van der Waals surface area contributed by atoms with E-state index in [-0.39, 0.29) is 56.1 Å². The van der Waals surface area contributed by atoms with Gasteiger partial charge in [0.1, 0.15) is 5.78 Å². The number of nitrogens with zero attached hydrogens (tertiary/aromatic N) is 1. The Hall–Kier alpha value is -0.512. The van der Waals surface area contributed by atoms with E-state index < -0.39 is 38.7 Å². The number of hydrogen-bond donors (Lipinski definition) is 0. The van der Waals surface area contributed by atoms with Crippen LogP contribution in [0.2, 0.25) is 72.5 Å². The molecular weight excluding hydrogens is 851 g/mol. The second kappa shape index (κ2) is 22.1.